The van der Waals surface area contributed by atoms with E-state index in [1.54, 1.807) is 12.1 Å². The highest BCUT2D eigenvalue weighted by Crippen LogP contribution is 2.51. The number of aryl methyl sites for hydroxylation is 1. The average molecular weight is 617 g/mol. The number of methoxy groups -OCH3 is 4. The zero-order valence-electron chi connectivity index (χ0n) is 25.7. The number of rotatable bonds is 15. The SMILES string of the molecule is COc1cc2c(c(OC)c1OC)-c1ccc(OC)c(=O)cc1[C@@H](N(CC[18F])C(=O)CCCCCC(C)(C(=O)O)C(=O)O)CC2. The van der Waals surface area contributed by atoms with Crippen molar-refractivity contribution in [2.45, 2.75) is 57.9 Å². The van der Waals surface area contributed by atoms with Gasteiger partial charge in [-0.1, -0.05) is 18.9 Å². The Hall–Kier alpha value is -4.35. The lowest BCUT2D eigenvalue weighted by atomic mass is 9.85. The maximum Gasteiger partial charge on any atom is 0.320 e. The van der Waals surface area contributed by atoms with E-state index in [0.717, 1.165) is 12.5 Å². The predicted octanol–water partition coefficient (Wildman–Crippen LogP) is 4.66. The molecule has 0 aromatic heterocycles. The van der Waals surface area contributed by atoms with E-state index < -0.39 is 35.5 Å². The van der Waals surface area contributed by atoms with E-state index >= 15 is 0 Å². The Bertz CT molecular complexity index is 1430. The van der Waals surface area contributed by atoms with Gasteiger partial charge >= 0.3 is 11.9 Å². The fourth-order valence-electron chi connectivity index (χ4n) is 5.70. The van der Waals surface area contributed by atoms with Gasteiger partial charge in [0.25, 0.3) is 0 Å². The number of hydrogen-bond donors (Lipinski definition) is 2. The van der Waals surface area contributed by atoms with Gasteiger partial charge in [0, 0.05) is 18.5 Å². The van der Waals surface area contributed by atoms with E-state index in [-0.39, 0.29) is 37.5 Å². The van der Waals surface area contributed by atoms with Crippen LogP contribution in [0.25, 0.3) is 11.1 Å². The van der Waals surface area contributed by atoms with Gasteiger partial charge in [-0.15, -0.1) is 0 Å². The number of alkyl halides is 1. The number of unbranched alkanes of at least 4 members (excludes halogenated alkanes) is 2. The Morgan fingerprint density at radius 1 is 0.932 bits per heavy atom. The summed E-state index contributed by atoms with van der Waals surface area (Å²) in [6.07, 6.45) is 1.80. The van der Waals surface area contributed by atoms with Crippen molar-refractivity contribution in [3.05, 3.63) is 45.6 Å². The Balaban J connectivity index is 2.02. The van der Waals surface area contributed by atoms with Crippen molar-refractivity contribution in [1.29, 1.82) is 0 Å². The third-order valence-electron chi connectivity index (χ3n) is 8.22. The van der Waals surface area contributed by atoms with Crippen LogP contribution >= 0.6 is 0 Å². The topological polar surface area (TPSA) is 149 Å². The van der Waals surface area contributed by atoms with Crippen LogP contribution in [-0.4, -0.2) is 74.6 Å². The molecule has 0 saturated heterocycles. The Labute approximate surface area is 255 Å². The zero-order valence-corrected chi connectivity index (χ0v) is 25.7. The second-order valence-corrected chi connectivity index (χ2v) is 10.8. The number of aliphatic carboxylic acids is 2. The second-order valence-electron chi connectivity index (χ2n) is 10.8. The number of ether oxygens (including phenoxy) is 4. The number of carbonyl (C=O) groups excluding carboxylic acids is 1. The van der Waals surface area contributed by atoms with Gasteiger partial charge in [0.1, 0.15) is 6.67 Å². The van der Waals surface area contributed by atoms with E-state index in [1.807, 2.05) is 6.07 Å². The summed E-state index contributed by atoms with van der Waals surface area (Å²) in [4.78, 5) is 51.1. The fourth-order valence-corrected chi connectivity index (χ4v) is 5.70. The quantitative estimate of drug-likeness (QED) is 0.214. The summed E-state index contributed by atoms with van der Waals surface area (Å²) in [5.74, 6) is -1.89. The normalized spacial score (nSPS) is 14.0. The Morgan fingerprint density at radius 3 is 2.16 bits per heavy atom. The fraction of sp³-hybridized carbons (Fsp3) is 0.500. The van der Waals surface area contributed by atoms with Crippen molar-refractivity contribution in [1.82, 2.24) is 4.90 Å². The molecule has 0 spiro atoms. The van der Waals surface area contributed by atoms with E-state index in [0.29, 0.717) is 59.6 Å². The number of benzene rings is 1. The molecule has 44 heavy (non-hydrogen) atoms. The van der Waals surface area contributed by atoms with Gasteiger partial charge in [0.2, 0.25) is 17.1 Å². The van der Waals surface area contributed by atoms with Crippen molar-refractivity contribution >= 4 is 17.8 Å². The monoisotopic (exact) mass is 616 g/mol. The number of carboxylic acids is 2. The molecule has 12 heteroatoms. The van der Waals surface area contributed by atoms with Gasteiger partial charge in [-0.05, 0) is 67.5 Å². The highest BCUT2D eigenvalue weighted by molar-refractivity contribution is 5.97. The van der Waals surface area contributed by atoms with Crippen LogP contribution < -0.4 is 24.4 Å². The second kappa shape index (κ2) is 14.9. The van der Waals surface area contributed by atoms with Crippen molar-refractivity contribution in [2.24, 2.45) is 5.41 Å². The maximum absolute atomic E-state index is 14.0. The molecule has 11 nitrogen and oxygen atoms in total. The van der Waals surface area contributed by atoms with Crippen molar-refractivity contribution < 1.29 is 47.9 Å². The molecule has 0 saturated carbocycles. The Morgan fingerprint density at radius 2 is 1.59 bits per heavy atom. The molecule has 1 amide bonds. The van der Waals surface area contributed by atoms with Crippen molar-refractivity contribution in [3.63, 3.8) is 0 Å². The maximum atomic E-state index is 14.0. The molecule has 1 aliphatic carbocycles. The molecule has 2 aromatic carbocycles. The summed E-state index contributed by atoms with van der Waals surface area (Å²) in [5.41, 5.74) is 0.264. The smallest absolute Gasteiger partial charge is 0.320 e. The highest BCUT2D eigenvalue weighted by atomic mass is 18.2. The van der Waals surface area contributed by atoms with Gasteiger partial charge < -0.3 is 34.1 Å². The van der Waals surface area contributed by atoms with E-state index in [4.69, 9.17) is 18.9 Å². The van der Waals surface area contributed by atoms with Crippen LogP contribution in [0, 0.1) is 5.41 Å². The lowest BCUT2D eigenvalue weighted by molar-refractivity contribution is -0.163. The Kier molecular flexibility index (Phi) is 11.6. The number of halogens is 1. The third kappa shape index (κ3) is 6.89. The zero-order chi connectivity index (χ0) is 32.6. The van der Waals surface area contributed by atoms with Gasteiger partial charge in [-0.3, -0.25) is 19.2 Å². The summed E-state index contributed by atoms with van der Waals surface area (Å²) in [6.45, 7) is 0.146. The predicted molar refractivity (Wildman–Crippen MR) is 160 cm³/mol. The molecule has 0 radical (unpaired) electrons. The van der Waals surface area contributed by atoms with Gasteiger partial charge in [-0.25, -0.2) is 4.39 Å². The van der Waals surface area contributed by atoms with Gasteiger partial charge in [0.05, 0.1) is 34.5 Å². The standard InChI is InChI=1S/C32H40FNO10/c1-32(30(37)38,31(39)40)14-8-6-7-9-26(36)34(16-15-33)22-12-10-19-17-25(42-3)28(43-4)29(44-5)27(19)20-11-13-24(41-2)23(35)18-21(20)22/h11,13,17-18,22H,6-10,12,14-16H2,1-5H3,(H,37,38)(H,39,40)/t22-/m0/s1/i33-1. The first kappa shape index (κ1) is 34.1. The summed E-state index contributed by atoms with van der Waals surface area (Å²) in [6, 6.07) is 5.85. The van der Waals surface area contributed by atoms with Crippen molar-refractivity contribution in [2.75, 3.05) is 41.7 Å². The third-order valence-corrected chi connectivity index (χ3v) is 8.22. The molecule has 2 N–H and O–H groups in total. The molecule has 2 aromatic rings. The number of fused-ring (bicyclic) bond motifs is 3. The number of amides is 1. The summed E-state index contributed by atoms with van der Waals surface area (Å²) < 4.78 is 36.2. The first-order valence-corrected chi connectivity index (χ1v) is 14.4. The summed E-state index contributed by atoms with van der Waals surface area (Å²) in [7, 11) is 5.88. The molecule has 1 aliphatic rings. The molecule has 0 unspecified atom stereocenters. The number of carbonyl (C=O) groups is 3. The van der Waals surface area contributed by atoms with E-state index in [9.17, 15) is 33.8 Å². The van der Waals surface area contributed by atoms with Crippen LogP contribution in [0.1, 0.15) is 62.6 Å². The summed E-state index contributed by atoms with van der Waals surface area (Å²) in [5, 5.41) is 18.6. The van der Waals surface area contributed by atoms with E-state index in [1.165, 1.54) is 39.4 Å². The first-order chi connectivity index (χ1) is 21.0. The number of nitrogens with zero attached hydrogens (tertiary/aromatic N) is 1. The van der Waals surface area contributed by atoms with Crippen LogP contribution in [-0.2, 0) is 20.8 Å². The van der Waals surface area contributed by atoms with Crippen LogP contribution in [0.5, 0.6) is 23.0 Å². The lowest BCUT2D eigenvalue weighted by Gasteiger charge is -2.31. The van der Waals surface area contributed by atoms with Crippen molar-refractivity contribution in [3.8, 4) is 34.1 Å². The number of hydrogen-bond acceptors (Lipinski definition) is 8. The molecule has 3 rings (SSSR count). The van der Waals surface area contributed by atoms with Gasteiger partial charge in [0.15, 0.2) is 22.7 Å². The molecular weight excluding hydrogens is 576 g/mol. The molecule has 1 atom stereocenters. The van der Waals surface area contributed by atoms with Crippen LogP contribution in [0.15, 0.2) is 29.1 Å². The largest absolute Gasteiger partial charge is 0.493 e. The highest BCUT2D eigenvalue weighted by Gasteiger charge is 2.41. The molecule has 0 aliphatic heterocycles. The molecular formula is C32H40FNO10. The minimum atomic E-state index is -1.91. The first-order valence-electron chi connectivity index (χ1n) is 14.4. The summed E-state index contributed by atoms with van der Waals surface area (Å²) >= 11 is 0. The molecule has 0 heterocycles. The minimum absolute atomic E-state index is 0.0348. The lowest BCUT2D eigenvalue weighted by Crippen LogP contribution is -2.37. The van der Waals surface area contributed by atoms with Gasteiger partial charge in [-0.2, -0.15) is 0 Å². The average Bonchev–Trinajstić information content (AvgIpc) is 3.25. The minimum Gasteiger partial charge on any atom is -0.493 e. The van der Waals surface area contributed by atoms with Crippen LogP contribution in [0.2, 0.25) is 0 Å². The molecule has 0 bridgehead atoms. The number of carboxylic acid groups (broad SMARTS) is 2. The van der Waals surface area contributed by atoms with E-state index in [2.05, 4.69) is 0 Å². The molecule has 240 valence electrons. The molecule has 0 fully saturated rings. The van der Waals surface area contributed by atoms with Crippen LogP contribution in [0.3, 0.4) is 0 Å². The van der Waals surface area contributed by atoms with Crippen LogP contribution in [0.4, 0.5) is 4.39 Å².